The zero-order chi connectivity index (χ0) is 20.1. The van der Waals surface area contributed by atoms with E-state index in [9.17, 15) is 0 Å². The second-order valence-corrected chi connectivity index (χ2v) is 8.20. The van der Waals surface area contributed by atoms with Gasteiger partial charge in [0.05, 0.1) is 15.7 Å². The minimum atomic E-state index is 0. The largest absolute Gasteiger partial charge is 0.370 e. The summed E-state index contributed by atoms with van der Waals surface area (Å²) in [6, 6.07) is 16.3. The molecule has 0 aliphatic carbocycles. The molecule has 0 radical (unpaired) electrons. The van der Waals surface area contributed by atoms with E-state index in [0.29, 0.717) is 10.0 Å². The summed E-state index contributed by atoms with van der Waals surface area (Å²) < 4.78 is 0. The quantitative estimate of drug-likeness (QED) is 0.435. The summed E-state index contributed by atoms with van der Waals surface area (Å²) in [5.74, 6) is 0.982. The van der Waals surface area contributed by atoms with Crippen LogP contribution in [0.3, 0.4) is 0 Å². The second kappa shape index (κ2) is 11.1. The van der Waals surface area contributed by atoms with Gasteiger partial charge in [-0.1, -0.05) is 53.5 Å². The fraction of sp³-hybridized carbons (Fsp3) is 0.348. The maximum absolute atomic E-state index is 6.37. The van der Waals surface area contributed by atoms with Crippen LogP contribution in [0.25, 0.3) is 10.8 Å². The molecule has 0 amide bonds. The molecule has 1 saturated heterocycles. The van der Waals surface area contributed by atoms with E-state index < -0.39 is 0 Å². The number of rotatable bonds is 7. The monoisotopic (exact) mass is 464 g/mol. The van der Waals surface area contributed by atoms with Gasteiger partial charge in [0.2, 0.25) is 0 Å². The number of benzene rings is 2. The molecule has 0 saturated carbocycles. The van der Waals surface area contributed by atoms with Crippen molar-refractivity contribution < 1.29 is 0 Å². The Morgan fingerprint density at radius 2 is 1.70 bits per heavy atom. The number of piperazine rings is 1. The summed E-state index contributed by atoms with van der Waals surface area (Å²) in [6.07, 6.45) is 4.18. The van der Waals surface area contributed by atoms with Gasteiger partial charge >= 0.3 is 0 Å². The lowest BCUT2D eigenvalue weighted by molar-refractivity contribution is 0.254. The predicted molar refractivity (Wildman–Crippen MR) is 132 cm³/mol. The van der Waals surface area contributed by atoms with E-state index in [1.54, 1.807) is 0 Å². The average Bonchev–Trinajstić information content (AvgIpc) is 2.76. The molecule has 0 bridgehead atoms. The smallest absolute Gasteiger partial charge is 0.133 e. The van der Waals surface area contributed by atoms with Crippen LogP contribution in [0.2, 0.25) is 10.0 Å². The first-order chi connectivity index (χ1) is 14.2. The van der Waals surface area contributed by atoms with Gasteiger partial charge < -0.3 is 10.2 Å². The van der Waals surface area contributed by atoms with Crippen LogP contribution < -0.4 is 10.2 Å². The first-order valence-electron chi connectivity index (χ1n) is 10.2. The van der Waals surface area contributed by atoms with Gasteiger partial charge in [0.25, 0.3) is 0 Å². The Balaban J connectivity index is 0.00000256. The fourth-order valence-corrected chi connectivity index (χ4v) is 4.29. The summed E-state index contributed by atoms with van der Waals surface area (Å²) in [5.41, 5.74) is 1.05. The Morgan fingerprint density at radius 3 is 2.53 bits per heavy atom. The molecule has 1 aromatic heterocycles. The molecule has 1 aliphatic heterocycles. The number of hydrogen-bond donors (Lipinski definition) is 1. The summed E-state index contributed by atoms with van der Waals surface area (Å²) in [4.78, 5) is 9.36. The third-order valence-corrected chi connectivity index (χ3v) is 6.32. The van der Waals surface area contributed by atoms with Gasteiger partial charge in [-0.2, -0.15) is 0 Å². The normalized spacial score (nSPS) is 14.5. The number of unbranched alkanes of at least 4 members (excludes halogenated alkanes) is 1. The predicted octanol–water partition coefficient (Wildman–Crippen LogP) is 5.98. The van der Waals surface area contributed by atoms with Crippen LogP contribution in [-0.2, 0) is 0 Å². The molecule has 160 valence electrons. The van der Waals surface area contributed by atoms with Crippen molar-refractivity contribution in [2.45, 2.75) is 12.8 Å². The molecule has 4 nitrogen and oxygen atoms in total. The zero-order valence-electron chi connectivity index (χ0n) is 16.9. The van der Waals surface area contributed by atoms with Crippen molar-refractivity contribution in [1.82, 2.24) is 9.88 Å². The average molecular weight is 466 g/mol. The lowest BCUT2D eigenvalue weighted by Gasteiger charge is -2.36. The molecule has 7 heteroatoms. The summed E-state index contributed by atoms with van der Waals surface area (Å²) >= 11 is 12.5. The lowest BCUT2D eigenvalue weighted by Crippen LogP contribution is -2.46. The van der Waals surface area contributed by atoms with E-state index in [1.807, 2.05) is 18.3 Å². The zero-order valence-corrected chi connectivity index (χ0v) is 19.2. The van der Waals surface area contributed by atoms with E-state index >= 15 is 0 Å². The van der Waals surface area contributed by atoms with Crippen molar-refractivity contribution in [3.8, 4) is 0 Å². The highest BCUT2D eigenvalue weighted by Crippen LogP contribution is 2.32. The summed E-state index contributed by atoms with van der Waals surface area (Å²) in [7, 11) is 0. The lowest BCUT2D eigenvalue weighted by atomic mass is 10.1. The van der Waals surface area contributed by atoms with Crippen LogP contribution in [0, 0.1) is 0 Å². The highest BCUT2D eigenvalue weighted by Gasteiger charge is 2.19. The van der Waals surface area contributed by atoms with Crippen LogP contribution in [0.5, 0.6) is 0 Å². The molecule has 3 aromatic rings. The van der Waals surface area contributed by atoms with Crippen LogP contribution >= 0.6 is 35.6 Å². The van der Waals surface area contributed by atoms with Gasteiger partial charge in [-0.15, -0.1) is 12.4 Å². The van der Waals surface area contributed by atoms with E-state index in [4.69, 9.17) is 23.2 Å². The molecular weight excluding hydrogens is 439 g/mol. The van der Waals surface area contributed by atoms with Crippen molar-refractivity contribution in [3.05, 3.63) is 64.8 Å². The van der Waals surface area contributed by atoms with Crippen molar-refractivity contribution in [1.29, 1.82) is 0 Å². The second-order valence-electron chi connectivity index (χ2n) is 7.42. The number of fused-ring (bicyclic) bond motifs is 1. The van der Waals surface area contributed by atoms with Gasteiger partial charge in [0.1, 0.15) is 5.82 Å². The molecule has 30 heavy (non-hydrogen) atoms. The van der Waals surface area contributed by atoms with Gasteiger partial charge in [-0.25, -0.2) is 4.98 Å². The van der Waals surface area contributed by atoms with E-state index in [1.165, 1.54) is 17.2 Å². The molecule has 1 fully saturated rings. The number of nitrogens with zero attached hydrogens (tertiary/aromatic N) is 3. The van der Waals surface area contributed by atoms with E-state index in [-0.39, 0.29) is 12.4 Å². The van der Waals surface area contributed by atoms with Gasteiger partial charge in [-0.05, 0) is 43.0 Å². The number of anilines is 2. The van der Waals surface area contributed by atoms with Crippen molar-refractivity contribution in [2.75, 3.05) is 49.5 Å². The Labute approximate surface area is 194 Å². The molecular formula is C23H27Cl3N4. The number of aromatic nitrogens is 1. The number of halogens is 3. The number of pyridine rings is 1. The molecule has 2 heterocycles. The summed E-state index contributed by atoms with van der Waals surface area (Å²) in [6.45, 7) is 6.15. The van der Waals surface area contributed by atoms with Crippen molar-refractivity contribution in [2.24, 2.45) is 0 Å². The van der Waals surface area contributed by atoms with Gasteiger partial charge in [0, 0.05) is 44.3 Å². The Kier molecular flexibility index (Phi) is 8.46. The van der Waals surface area contributed by atoms with Gasteiger partial charge in [-0.3, -0.25) is 4.90 Å². The fourth-order valence-electron chi connectivity index (χ4n) is 3.88. The standard InChI is InChI=1S/C23H26Cl2N4.ClH/c24-20-8-5-9-21(22(20)25)29-16-14-28(15-17-29)13-4-3-11-26-23-19-7-2-1-6-18(19)10-12-27-23;/h1-2,5-10,12H,3-4,11,13-17H2,(H,26,27);1H. The third-order valence-electron chi connectivity index (χ3n) is 5.51. The highest BCUT2D eigenvalue weighted by molar-refractivity contribution is 6.43. The van der Waals surface area contributed by atoms with Crippen molar-refractivity contribution >= 4 is 57.9 Å². The third kappa shape index (κ3) is 5.50. The first kappa shape index (κ1) is 23.0. The Morgan fingerprint density at radius 1 is 0.900 bits per heavy atom. The number of hydrogen-bond acceptors (Lipinski definition) is 4. The van der Waals surface area contributed by atoms with Crippen LogP contribution in [0.4, 0.5) is 11.5 Å². The molecule has 0 atom stereocenters. The van der Waals surface area contributed by atoms with Crippen LogP contribution in [-0.4, -0.2) is 49.2 Å². The maximum atomic E-state index is 6.37. The van der Waals surface area contributed by atoms with Gasteiger partial charge in [0.15, 0.2) is 0 Å². The molecule has 0 unspecified atom stereocenters. The van der Waals surface area contributed by atoms with Crippen molar-refractivity contribution in [3.63, 3.8) is 0 Å². The minimum Gasteiger partial charge on any atom is -0.370 e. The Hall–Kier alpha value is -1.72. The highest BCUT2D eigenvalue weighted by atomic mass is 35.5. The van der Waals surface area contributed by atoms with E-state index in [0.717, 1.165) is 57.2 Å². The van der Waals surface area contributed by atoms with E-state index in [2.05, 4.69) is 56.5 Å². The summed E-state index contributed by atoms with van der Waals surface area (Å²) in [5, 5.41) is 7.20. The molecule has 1 aliphatic rings. The SMILES string of the molecule is Cl.Clc1cccc(N2CCN(CCCCNc3nccc4ccccc34)CC2)c1Cl. The first-order valence-corrected chi connectivity index (χ1v) is 11.0. The molecule has 2 aromatic carbocycles. The maximum Gasteiger partial charge on any atom is 0.133 e. The Bertz CT molecular complexity index is 953. The molecule has 0 spiro atoms. The number of nitrogens with one attached hydrogen (secondary N) is 1. The minimum absolute atomic E-state index is 0. The topological polar surface area (TPSA) is 31.4 Å². The molecule has 4 rings (SSSR count). The van der Waals surface area contributed by atoms with Crippen LogP contribution in [0.1, 0.15) is 12.8 Å². The molecule has 1 N–H and O–H groups in total. The van der Waals surface area contributed by atoms with Crippen LogP contribution in [0.15, 0.2) is 54.7 Å².